The normalized spacial score (nSPS) is 34.7. The maximum absolute atomic E-state index is 12.7. The number of carbonyl (C=O) groups excluding carboxylic acids is 1. The van der Waals surface area contributed by atoms with E-state index in [0.717, 1.165) is 31.3 Å². The van der Waals surface area contributed by atoms with Crippen molar-refractivity contribution in [1.82, 2.24) is 0 Å². The Kier molecular flexibility index (Phi) is 3.83. The van der Waals surface area contributed by atoms with E-state index in [1.165, 1.54) is 0 Å². The highest BCUT2D eigenvalue weighted by molar-refractivity contribution is 6.05. The first-order valence-corrected chi connectivity index (χ1v) is 7.75. The molecule has 2 aliphatic carbocycles. The minimum absolute atomic E-state index is 0.0380. The number of fused-ring (bicyclic) bond motifs is 2. The Morgan fingerprint density at radius 2 is 2.10 bits per heavy atom. The zero-order chi connectivity index (χ0) is 15.1. The van der Waals surface area contributed by atoms with Gasteiger partial charge in [-0.25, -0.2) is 0 Å². The molecule has 2 fully saturated rings. The summed E-state index contributed by atoms with van der Waals surface area (Å²) in [6, 6.07) is 0. The maximum Gasteiger partial charge on any atom is 0.310 e. The van der Waals surface area contributed by atoms with Crippen LogP contribution in [0, 0.1) is 22.7 Å². The first-order valence-electron chi connectivity index (χ1n) is 7.75. The van der Waals surface area contributed by atoms with Gasteiger partial charge in [-0.1, -0.05) is 46.6 Å². The number of carboxylic acids is 1. The lowest BCUT2D eigenvalue weighted by Crippen LogP contribution is -2.32. The second-order valence-corrected chi connectivity index (χ2v) is 7.18. The lowest BCUT2D eigenvalue weighted by Gasteiger charge is -2.31. The van der Waals surface area contributed by atoms with E-state index >= 15 is 0 Å². The fraction of sp³-hybridized carbons (Fsp3) is 0.765. The van der Waals surface area contributed by atoms with Crippen molar-refractivity contribution in [3.05, 3.63) is 11.6 Å². The Bertz CT molecular complexity index is 461. The van der Waals surface area contributed by atoms with Crippen molar-refractivity contribution in [3.63, 3.8) is 0 Å². The number of carboxylic acid groups (broad SMARTS) is 1. The molecule has 0 aromatic rings. The van der Waals surface area contributed by atoms with E-state index in [2.05, 4.69) is 27.7 Å². The molecule has 0 aliphatic heterocycles. The second kappa shape index (κ2) is 5.01. The standard InChI is InChI=1S/C17H26O3/c1-5-6-7-11(15(19)20)10-12-13-8-9-17(4,14(12)18)16(13,2)3/h10-11,13H,5-9H2,1-4H3,(H,19,20)/b12-10+/t11-,13+,17+/m0/s1. The van der Waals surface area contributed by atoms with Gasteiger partial charge in [-0.2, -0.15) is 0 Å². The largest absolute Gasteiger partial charge is 0.481 e. The summed E-state index contributed by atoms with van der Waals surface area (Å²) in [5.41, 5.74) is 0.466. The summed E-state index contributed by atoms with van der Waals surface area (Å²) in [6.07, 6.45) is 6.23. The lowest BCUT2D eigenvalue weighted by molar-refractivity contribution is -0.140. The van der Waals surface area contributed by atoms with E-state index in [0.29, 0.717) is 6.42 Å². The van der Waals surface area contributed by atoms with Crippen molar-refractivity contribution >= 4 is 11.8 Å². The molecule has 0 aromatic carbocycles. The van der Waals surface area contributed by atoms with Gasteiger partial charge in [0.15, 0.2) is 5.78 Å². The summed E-state index contributed by atoms with van der Waals surface area (Å²) in [4.78, 5) is 24.1. The van der Waals surface area contributed by atoms with Crippen LogP contribution in [0.25, 0.3) is 0 Å². The molecule has 1 N–H and O–H groups in total. The summed E-state index contributed by atoms with van der Waals surface area (Å²) in [5, 5.41) is 9.36. The lowest BCUT2D eigenvalue weighted by atomic mass is 9.70. The molecule has 2 bridgehead atoms. The number of carbonyl (C=O) groups is 2. The molecule has 0 unspecified atom stereocenters. The van der Waals surface area contributed by atoms with Crippen LogP contribution in [0.3, 0.4) is 0 Å². The van der Waals surface area contributed by atoms with Gasteiger partial charge in [-0.3, -0.25) is 9.59 Å². The molecule has 3 nitrogen and oxygen atoms in total. The fourth-order valence-corrected chi connectivity index (χ4v) is 4.04. The molecular formula is C17H26O3. The Balaban J connectivity index is 2.31. The van der Waals surface area contributed by atoms with E-state index in [9.17, 15) is 14.7 Å². The number of rotatable bonds is 5. The van der Waals surface area contributed by atoms with Gasteiger partial charge in [0, 0.05) is 5.41 Å². The minimum Gasteiger partial charge on any atom is -0.481 e. The zero-order valence-electron chi connectivity index (χ0n) is 13.0. The number of hydrogen-bond donors (Lipinski definition) is 1. The fourth-order valence-electron chi connectivity index (χ4n) is 4.04. The number of unbranched alkanes of at least 4 members (excludes halogenated alkanes) is 1. The molecule has 2 rings (SSSR count). The first kappa shape index (κ1) is 15.3. The van der Waals surface area contributed by atoms with Crippen LogP contribution in [-0.4, -0.2) is 16.9 Å². The molecule has 0 saturated heterocycles. The van der Waals surface area contributed by atoms with E-state index in [4.69, 9.17) is 0 Å². The number of aliphatic carboxylic acids is 1. The summed E-state index contributed by atoms with van der Waals surface area (Å²) < 4.78 is 0. The number of Topliss-reactive ketones (excluding diaryl/α,β-unsaturated/α-hetero) is 1. The topological polar surface area (TPSA) is 54.4 Å². The Hall–Kier alpha value is -1.12. The van der Waals surface area contributed by atoms with Crippen molar-refractivity contribution in [2.24, 2.45) is 22.7 Å². The summed E-state index contributed by atoms with van der Waals surface area (Å²) in [5.74, 6) is -0.873. The molecule has 20 heavy (non-hydrogen) atoms. The maximum atomic E-state index is 12.7. The van der Waals surface area contributed by atoms with Crippen LogP contribution in [0.1, 0.15) is 59.8 Å². The van der Waals surface area contributed by atoms with Crippen LogP contribution in [0.2, 0.25) is 0 Å². The third-order valence-electron chi connectivity index (χ3n) is 5.93. The highest BCUT2D eigenvalue weighted by Crippen LogP contribution is 2.65. The summed E-state index contributed by atoms with van der Waals surface area (Å²) in [7, 11) is 0. The molecule has 0 radical (unpaired) electrons. The quantitative estimate of drug-likeness (QED) is 0.778. The Morgan fingerprint density at radius 3 is 2.55 bits per heavy atom. The van der Waals surface area contributed by atoms with Gasteiger partial charge in [0.05, 0.1) is 5.92 Å². The van der Waals surface area contributed by atoms with Crippen LogP contribution >= 0.6 is 0 Å². The first-order chi connectivity index (χ1) is 9.25. The smallest absolute Gasteiger partial charge is 0.310 e. The molecule has 3 heteroatoms. The molecular weight excluding hydrogens is 252 g/mol. The highest BCUT2D eigenvalue weighted by atomic mass is 16.4. The van der Waals surface area contributed by atoms with Gasteiger partial charge in [-0.05, 0) is 36.2 Å². The Labute approximate surface area is 121 Å². The van der Waals surface area contributed by atoms with Crippen molar-refractivity contribution < 1.29 is 14.7 Å². The molecule has 2 aliphatic rings. The van der Waals surface area contributed by atoms with Gasteiger partial charge in [-0.15, -0.1) is 0 Å². The van der Waals surface area contributed by atoms with Crippen LogP contribution in [0.5, 0.6) is 0 Å². The SMILES string of the molecule is CCCC[C@@H](/C=C1/C(=O)[C@@]2(C)CC[C@H]1C2(C)C)C(=O)O. The van der Waals surface area contributed by atoms with Gasteiger partial charge in [0.1, 0.15) is 0 Å². The van der Waals surface area contributed by atoms with Crippen molar-refractivity contribution in [2.75, 3.05) is 0 Å². The van der Waals surface area contributed by atoms with Gasteiger partial charge < -0.3 is 5.11 Å². The van der Waals surface area contributed by atoms with Gasteiger partial charge in [0.2, 0.25) is 0 Å². The Morgan fingerprint density at radius 1 is 1.45 bits per heavy atom. The summed E-state index contributed by atoms with van der Waals surface area (Å²) in [6.45, 7) is 8.42. The van der Waals surface area contributed by atoms with Crippen LogP contribution in [0.15, 0.2) is 11.6 Å². The average molecular weight is 278 g/mol. The highest BCUT2D eigenvalue weighted by Gasteiger charge is 2.63. The van der Waals surface area contributed by atoms with E-state index in [1.807, 2.05) is 0 Å². The van der Waals surface area contributed by atoms with Crippen molar-refractivity contribution in [2.45, 2.75) is 59.8 Å². The molecule has 0 aromatic heterocycles. The van der Waals surface area contributed by atoms with Gasteiger partial charge in [0.25, 0.3) is 0 Å². The van der Waals surface area contributed by atoms with E-state index in [-0.39, 0.29) is 22.5 Å². The van der Waals surface area contributed by atoms with Crippen molar-refractivity contribution in [3.8, 4) is 0 Å². The molecule has 0 heterocycles. The molecule has 0 spiro atoms. The molecule has 112 valence electrons. The minimum atomic E-state index is -0.801. The number of ketones is 1. The van der Waals surface area contributed by atoms with Crippen LogP contribution in [0.4, 0.5) is 0 Å². The molecule has 2 saturated carbocycles. The molecule has 3 atom stereocenters. The number of hydrogen-bond acceptors (Lipinski definition) is 2. The summed E-state index contributed by atoms with van der Waals surface area (Å²) >= 11 is 0. The van der Waals surface area contributed by atoms with E-state index < -0.39 is 11.9 Å². The van der Waals surface area contributed by atoms with Gasteiger partial charge >= 0.3 is 5.97 Å². The predicted octanol–water partition coefficient (Wildman–Crippen LogP) is 3.83. The third kappa shape index (κ3) is 2.02. The van der Waals surface area contributed by atoms with Crippen LogP contribution < -0.4 is 0 Å². The second-order valence-electron chi connectivity index (χ2n) is 7.18. The van der Waals surface area contributed by atoms with Crippen LogP contribution in [-0.2, 0) is 9.59 Å². The van der Waals surface area contributed by atoms with E-state index in [1.54, 1.807) is 6.08 Å². The third-order valence-corrected chi connectivity index (χ3v) is 5.93. The predicted molar refractivity (Wildman–Crippen MR) is 78.4 cm³/mol. The average Bonchev–Trinajstić information content (AvgIpc) is 2.67. The number of allylic oxidation sites excluding steroid dienone is 1. The molecule has 0 amide bonds. The monoisotopic (exact) mass is 278 g/mol. The van der Waals surface area contributed by atoms with Crippen molar-refractivity contribution in [1.29, 1.82) is 0 Å². The zero-order valence-corrected chi connectivity index (χ0v) is 13.0.